The van der Waals surface area contributed by atoms with E-state index < -0.39 is 11.6 Å². The van der Waals surface area contributed by atoms with Gasteiger partial charge in [-0.25, -0.2) is 23.7 Å². The summed E-state index contributed by atoms with van der Waals surface area (Å²) in [6.45, 7) is 3.08. The topological polar surface area (TPSA) is 70.1 Å². The van der Waals surface area contributed by atoms with Crippen molar-refractivity contribution >= 4 is 23.4 Å². The van der Waals surface area contributed by atoms with E-state index >= 15 is 0 Å². The molecular weight excluding hydrogens is 352 g/mol. The van der Waals surface area contributed by atoms with Gasteiger partial charge < -0.3 is 15.1 Å². The Hall–Kier alpha value is -3.36. The Morgan fingerprint density at radius 1 is 0.815 bits per heavy atom. The minimum absolute atomic E-state index is 0.326. The van der Waals surface area contributed by atoms with Gasteiger partial charge in [0.25, 0.3) is 0 Å². The van der Waals surface area contributed by atoms with Crippen LogP contribution in [0.15, 0.2) is 48.9 Å². The van der Waals surface area contributed by atoms with E-state index in [1.54, 1.807) is 24.7 Å². The smallest absolute Gasteiger partial charge is 0.229 e. The molecule has 1 aliphatic rings. The molecule has 0 unspecified atom stereocenters. The molecule has 0 radical (unpaired) electrons. The summed E-state index contributed by atoms with van der Waals surface area (Å²) >= 11 is 0. The standard InChI is InChI=1S/C18H17F2N7/c19-14-3-2-13(12-15(14)20)24-17-21-7-4-16(25-17)26-8-10-27(11-9-26)18-22-5-1-6-23-18/h1-7,12H,8-11H2,(H,21,24,25). The molecule has 27 heavy (non-hydrogen) atoms. The van der Waals surface area contributed by atoms with E-state index in [9.17, 15) is 8.78 Å². The summed E-state index contributed by atoms with van der Waals surface area (Å²) in [7, 11) is 0. The molecule has 0 spiro atoms. The van der Waals surface area contributed by atoms with Crippen LogP contribution in [0.3, 0.4) is 0 Å². The highest BCUT2D eigenvalue weighted by molar-refractivity contribution is 5.55. The monoisotopic (exact) mass is 369 g/mol. The molecule has 7 nitrogen and oxygen atoms in total. The van der Waals surface area contributed by atoms with Gasteiger partial charge in [-0.1, -0.05) is 0 Å². The molecule has 138 valence electrons. The third kappa shape index (κ3) is 3.91. The van der Waals surface area contributed by atoms with Crippen LogP contribution in [0.2, 0.25) is 0 Å². The Balaban J connectivity index is 1.43. The van der Waals surface area contributed by atoms with Crippen molar-refractivity contribution in [3.05, 3.63) is 60.6 Å². The molecule has 3 heterocycles. The summed E-state index contributed by atoms with van der Waals surface area (Å²) in [6, 6.07) is 7.19. The Bertz CT molecular complexity index is 915. The number of hydrogen-bond acceptors (Lipinski definition) is 7. The van der Waals surface area contributed by atoms with Crippen molar-refractivity contribution in [2.75, 3.05) is 41.3 Å². The molecule has 0 saturated carbocycles. The quantitative estimate of drug-likeness (QED) is 0.758. The molecule has 1 N–H and O–H groups in total. The first-order valence-corrected chi connectivity index (χ1v) is 8.51. The second-order valence-electron chi connectivity index (χ2n) is 6.02. The lowest BCUT2D eigenvalue weighted by Crippen LogP contribution is -2.47. The lowest BCUT2D eigenvalue weighted by Gasteiger charge is -2.35. The van der Waals surface area contributed by atoms with Crippen LogP contribution in [0.25, 0.3) is 0 Å². The summed E-state index contributed by atoms with van der Waals surface area (Å²) < 4.78 is 26.4. The van der Waals surface area contributed by atoms with Crippen molar-refractivity contribution in [3.63, 3.8) is 0 Å². The highest BCUT2D eigenvalue weighted by Crippen LogP contribution is 2.20. The molecule has 4 rings (SSSR count). The van der Waals surface area contributed by atoms with Gasteiger partial charge in [0.15, 0.2) is 11.6 Å². The Morgan fingerprint density at radius 3 is 2.30 bits per heavy atom. The van der Waals surface area contributed by atoms with E-state index in [4.69, 9.17) is 0 Å². The van der Waals surface area contributed by atoms with Crippen LogP contribution in [-0.4, -0.2) is 46.1 Å². The fourth-order valence-electron chi connectivity index (χ4n) is 2.88. The Kier molecular flexibility index (Phi) is 4.73. The predicted octanol–water partition coefficient (Wildman–Crippen LogP) is 2.62. The maximum absolute atomic E-state index is 13.3. The molecule has 0 bridgehead atoms. The number of hydrogen-bond donors (Lipinski definition) is 1. The Morgan fingerprint density at radius 2 is 1.56 bits per heavy atom. The van der Waals surface area contributed by atoms with Gasteiger partial charge in [0, 0.05) is 56.5 Å². The van der Waals surface area contributed by atoms with Crippen LogP contribution >= 0.6 is 0 Å². The maximum Gasteiger partial charge on any atom is 0.229 e. The van der Waals surface area contributed by atoms with Crippen molar-refractivity contribution in [1.29, 1.82) is 0 Å². The van der Waals surface area contributed by atoms with Gasteiger partial charge in [0.2, 0.25) is 11.9 Å². The molecule has 1 aromatic carbocycles. The van der Waals surface area contributed by atoms with Crippen molar-refractivity contribution < 1.29 is 8.78 Å². The SMILES string of the molecule is Fc1ccc(Nc2nccc(N3CCN(c4ncccn4)CC3)n2)cc1F. The lowest BCUT2D eigenvalue weighted by atomic mass is 10.3. The van der Waals surface area contributed by atoms with E-state index in [-0.39, 0.29) is 0 Å². The number of piperazine rings is 1. The second-order valence-corrected chi connectivity index (χ2v) is 6.02. The fourth-order valence-corrected chi connectivity index (χ4v) is 2.88. The molecule has 1 fully saturated rings. The number of nitrogens with one attached hydrogen (secondary N) is 1. The van der Waals surface area contributed by atoms with Gasteiger partial charge in [0.1, 0.15) is 5.82 Å². The van der Waals surface area contributed by atoms with Crippen molar-refractivity contribution in [2.24, 2.45) is 0 Å². The first-order valence-electron chi connectivity index (χ1n) is 8.51. The summed E-state index contributed by atoms with van der Waals surface area (Å²) in [5.41, 5.74) is 0.386. The van der Waals surface area contributed by atoms with E-state index in [1.807, 2.05) is 6.07 Å². The minimum Gasteiger partial charge on any atom is -0.353 e. The zero-order valence-corrected chi connectivity index (χ0v) is 14.4. The van der Waals surface area contributed by atoms with Gasteiger partial charge in [-0.15, -0.1) is 0 Å². The van der Waals surface area contributed by atoms with Crippen molar-refractivity contribution in [1.82, 2.24) is 19.9 Å². The average molecular weight is 369 g/mol. The number of anilines is 4. The molecule has 3 aromatic rings. The highest BCUT2D eigenvalue weighted by atomic mass is 19.2. The number of halogens is 2. The molecule has 9 heteroatoms. The van der Waals surface area contributed by atoms with Crippen LogP contribution in [0.1, 0.15) is 0 Å². The van der Waals surface area contributed by atoms with Gasteiger partial charge in [0.05, 0.1) is 0 Å². The first kappa shape index (κ1) is 17.1. The summed E-state index contributed by atoms with van der Waals surface area (Å²) in [4.78, 5) is 21.4. The van der Waals surface area contributed by atoms with E-state index in [1.165, 1.54) is 6.07 Å². The van der Waals surface area contributed by atoms with Gasteiger partial charge in [-0.2, -0.15) is 4.98 Å². The summed E-state index contributed by atoms with van der Waals surface area (Å²) in [5.74, 6) is 0.00228. The lowest BCUT2D eigenvalue weighted by molar-refractivity contribution is 0.509. The number of benzene rings is 1. The molecule has 0 amide bonds. The second kappa shape index (κ2) is 7.48. The van der Waals surface area contributed by atoms with E-state index in [2.05, 4.69) is 35.1 Å². The maximum atomic E-state index is 13.3. The van der Waals surface area contributed by atoms with Crippen LogP contribution in [0.5, 0.6) is 0 Å². The zero-order chi connectivity index (χ0) is 18.6. The molecule has 1 saturated heterocycles. The van der Waals surface area contributed by atoms with Crippen LogP contribution < -0.4 is 15.1 Å². The van der Waals surface area contributed by atoms with Gasteiger partial charge in [-0.3, -0.25) is 0 Å². The van der Waals surface area contributed by atoms with Crippen molar-refractivity contribution in [3.8, 4) is 0 Å². The fraction of sp³-hybridized carbons (Fsp3) is 0.222. The minimum atomic E-state index is -0.921. The number of nitrogens with zero attached hydrogens (tertiary/aromatic N) is 6. The summed E-state index contributed by atoms with van der Waals surface area (Å²) in [5, 5.41) is 2.90. The average Bonchev–Trinajstić information content (AvgIpc) is 2.72. The molecule has 1 aliphatic heterocycles. The molecular formula is C18H17F2N7. The molecule has 0 aliphatic carbocycles. The van der Waals surface area contributed by atoms with Gasteiger partial charge >= 0.3 is 0 Å². The van der Waals surface area contributed by atoms with Crippen LogP contribution in [0, 0.1) is 11.6 Å². The molecule has 2 aromatic heterocycles. The van der Waals surface area contributed by atoms with E-state index in [0.29, 0.717) is 11.6 Å². The van der Waals surface area contributed by atoms with E-state index in [0.717, 1.165) is 50.1 Å². The zero-order valence-electron chi connectivity index (χ0n) is 14.4. The van der Waals surface area contributed by atoms with Crippen LogP contribution in [0.4, 0.5) is 32.2 Å². The third-order valence-electron chi connectivity index (χ3n) is 4.26. The normalized spacial score (nSPS) is 14.3. The van der Waals surface area contributed by atoms with Gasteiger partial charge in [-0.05, 0) is 24.3 Å². The predicted molar refractivity (Wildman–Crippen MR) is 98.1 cm³/mol. The number of rotatable bonds is 4. The Labute approximate surface area is 154 Å². The largest absolute Gasteiger partial charge is 0.353 e. The van der Waals surface area contributed by atoms with Crippen LogP contribution in [-0.2, 0) is 0 Å². The highest BCUT2D eigenvalue weighted by Gasteiger charge is 2.20. The third-order valence-corrected chi connectivity index (χ3v) is 4.26. The molecule has 0 atom stereocenters. The number of aromatic nitrogens is 4. The first-order chi connectivity index (χ1) is 13.2. The summed E-state index contributed by atoms with van der Waals surface area (Å²) in [6.07, 6.45) is 5.10. The van der Waals surface area contributed by atoms with Crippen molar-refractivity contribution in [2.45, 2.75) is 0 Å².